The summed E-state index contributed by atoms with van der Waals surface area (Å²) in [6, 6.07) is 32.2. The van der Waals surface area contributed by atoms with Crippen molar-refractivity contribution in [3.05, 3.63) is 125 Å². The Morgan fingerprint density at radius 2 is 1.15 bits per heavy atom. The molecule has 0 amide bonds. The van der Waals surface area contributed by atoms with Crippen LogP contribution in [0, 0.1) is 5.66 Å². The van der Waals surface area contributed by atoms with Crippen molar-refractivity contribution in [1.29, 1.82) is 0 Å². The zero-order valence-corrected chi connectivity index (χ0v) is 16.2. The van der Waals surface area contributed by atoms with Gasteiger partial charge in [-0.3, -0.25) is 0 Å². The first-order valence-corrected chi connectivity index (χ1v) is 10.3. The largest absolute Gasteiger partial charge is 1.00 e. The van der Waals surface area contributed by atoms with E-state index in [4.69, 9.17) is 0 Å². The van der Waals surface area contributed by atoms with Gasteiger partial charge in [-0.25, -0.2) is 0 Å². The van der Waals surface area contributed by atoms with Gasteiger partial charge in [0.2, 0.25) is 0 Å². The quantitative estimate of drug-likeness (QED) is 0.384. The van der Waals surface area contributed by atoms with E-state index in [2.05, 4.69) is 110 Å². The topological polar surface area (TPSA) is 0 Å². The Hall–Kier alpha value is -1.96. The maximum atomic E-state index is 2.38. The van der Waals surface area contributed by atoms with Crippen LogP contribution in [0.1, 0.15) is 16.7 Å². The van der Waals surface area contributed by atoms with Crippen LogP contribution >= 0.6 is 7.92 Å². The van der Waals surface area contributed by atoms with E-state index in [1.165, 1.54) is 33.2 Å². The van der Waals surface area contributed by atoms with Crippen LogP contribution in [0.3, 0.4) is 0 Å². The molecular formula is C24H20LiP. The first kappa shape index (κ1) is 18.8. The predicted molar refractivity (Wildman–Crippen MR) is 110 cm³/mol. The Kier molecular flexibility index (Phi) is 6.23. The molecule has 3 aromatic rings. The predicted octanol–water partition coefficient (Wildman–Crippen LogP) is 3.82. The van der Waals surface area contributed by atoms with Gasteiger partial charge in [-0.05, 0) is 17.5 Å². The maximum absolute atomic E-state index is 2.38. The molecule has 4 rings (SSSR count). The third-order valence-electron chi connectivity index (χ3n) is 4.55. The molecule has 0 nitrogen and oxygen atoms in total. The fraction of sp³-hybridized carbons (Fsp3) is 0.0417. The Morgan fingerprint density at radius 1 is 0.654 bits per heavy atom. The minimum atomic E-state index is -0.387. The summed E-state index contributed by atoms with van der Waals surface area (Å²) < 4.78 is 0. The molecule has 0 N–H and O–H groups in total. The molecule has 1 heterocycles. The fourth-order valence-electron chi connectivity index (χ4n) is 3.23. The maximum Gasteiger partial charge on any atom is 1.00 e. The van der Waals surface area contributed by atoms with Crippen LogP contribution in [-0.2, 0) is 0 Å². The van der Waals surface area contributed by atoms with Gasteiger partial charge in [0.05, 0.1) is 0 Å². The molecule has 0 bridgehead atoms. The third-order valence-corrected chi connectivity index (χ3v) is 6.77. The Bertz CT molecular complexity index is 899. The van der Waals surface area contributed by atoms with Crippen molar-refractivity contribution >= 4 is 18.8 Å². The van der Waals surface area contributed by atoms with Gasteiger partial charge < -0.3 is 0 Å². The van der Waals surface area contributed by atoms with Gasteiger partial charge in [0, 0.05) is 0 Å². The van der Waals surface area contributed by atoms with Crippen LogP contribution in [-0.4, -0.2) is 6.66 Å². The number of rotatable bonds is 3. The number of hydrogen-bond acceptors (Lipinski definition) is 0. The SMILES string of the molecule is CP1C(c2ccccc2)=CC(c2ccccc2)=C[C-]1c1ccccc1.[Li+]. The van der Waals surface area contributed by atoms with E-state index in [0.717, 1.165) is 0 Å². The second-order valence-electron chi connectivity index (χ2n) is 6.17. The van der Waals surface area contributed by atoms with Crippen molar-refractivity contribution in [1.82, 2.24) is 0 Å². The molecule has 2 heteroatoms. The molecule has 0 fully saturated rings. The summed E-state index contributed by atoms with van der Waals surface area (Å²) in [5.74, 6) is 0. The molecule has 0 saturated heterocycles. The van der Waals surface area contributed by atoms with Gasteiger partial charge in [-0.2, -0.15) is 0 Å². The monoisotopic (exact) mass is 346 g/mol. The third kappa shape index (κ3) is 3.90. The molecule has 1 atom stereocenters. The smallest absolute Gasteiger partial charge is 0.140 e. The molecule has 0 aromatic heterocycles. The summed E-state index contributed by atoms with van der Waals surface area (Å²) in [6.45, 7) is 2.37. The summed E-state index contributed by atoms with van der Waals surface area (Å²) in [4.78, 5) is 0. The summed E-state index contributed by atoms with van der Waals surface area (Å²) in [7, 11) is -0.387. The second kappa shape index (κ2) is 8.61. The number of allylic oxidation sites excluding steroid dienone is 3. The van der Waals surface area contributed by atoms with E-state index in [1.807, 2.05) is 0 Å². The van der Waals surface area contributed by atoms with Crippen molar-refractivity contribution < 1.29 is 18.9 Å². The summed E-state index contributed by atoms with van der Waals surface area (Å²) in [5.41, 5.74) is 6.65. The van der Waals surface area contributed by atoms with Crippen LogP contribution < -0.4 is 18.9 Å². The molecule has 3 aromatic carbocycles. The van der Waals surface area contributed by atoms with Crippen LogP contribution in [0.2, 0.25) is 0 Å². The summed E-state index contributed by atoms with van der Waals surface area (Å²) >= 11 is 0. The van der Waals surface area contributed by atoms with Crippen LogP contribution in [0.25, 0.3) is 10.9 Å². The minimum absolute atomic E-state index is 0. The molecule has 0 spiro atoms. The minimum Gasteiger partial charge on any atom is -0.140 e. The van der Waals surface area contributed by atoms with Gasteiger partial charge in [-0.15, -0.1) is 41.6 Å². The van der Waals surface area contributed by atoms with Crippen molar-refractivity contribution in [3.63, 3.8) is 0 Å². The average Bonchev–Trinajstić information content (AvgIpc) is 2.70. The normalized spacial score (nSPS) is 16.3. The van der Waals surface area contributed by atoms with Gasteiger partial charge in [0.15, 0.2) is 0 Å². The molecule has 26 heavy (non-hydrogen) atoms. The molecular weight excluding hydrogens is 326 g/mol. The zero-order valence-electron chi connectivity index (χ0n) is 15.3. The molecule has 122 valence electrons. The molecule has 0 radical (unpaired) electrons. The van der Waals surface area contributed by atoms with Gasteiger partial charge in [-0.1, -0.05) is 91.9 Å². The molecule has 1 aliphatic heterocycles. The van der Waals surface area contributed by atoms with Gasteiger partial charge >= 0.3 is 18.9 Å². The van der Waals surface area contributed by atoms with Crippen molar-refractivity contribution in [3.8, 4) is 0 Å². The fourth-order valence-corrected chi connectivity index (χ4v) is 5.23. The molecule has 1 unspecified atom stereocenters. The number of benzene rings is 3. The van der Waals surface area contributed by atoms with Gasteiger partial charge in [0.25, 0.3) is 0 Å². The molecule has 1 aliphatic rings. The van der Waals surface area contributed by atoms with E-state index in [9.17, 15) is 0 Å². The van der Waals surface area contributed by atoms with E-state index in [0.29, 0.717) is 0 Å². The van der Waals surface area contributed by atoms with Crippen LogP contribution in [0.5, 0.6) is 0 Å². The average molecular weight is 346 g/mol. The zero-order chi connectivity index (χ0) is 17.1. The Morgan fingerprint density at radius 3 is 1.73 bits per heavy atom. The first-order chi connectivity index (χ1) is 12.3. The number of hydrogen-bond donors (Lipinski definition) is 0. The van der Waals surface area contributed by atoms with E-state index in [1.54, 1.807) is 0 Å². The Labute approximate surface area is 169 Å². The van der Waals surface area contributed by atoms with E-state index < -0.39 is 0 Å². The standard InChI is InChI=1S/C24H20P.Li/c1-25-23(20-13-7-3-8-14-20)17-22(19-11-5-2-6-12-19)18-24(25)21-15-9-4-10-16-21;/h2-18H,1H3;/q-1;+1. The van der Waals surface area contributed by atoms with Crippen molar-refractivity contribution in [2.45, 2.75) is 0 Å². The second-order valence-corrected chi connectivity index (χ2v) is 8.25. The molecule has 0 aliphatic carbocycles. The van der Waals surface area contributed by atoms with E-state index >= 15 is 0 Å². The molecule has 0 saturated carbocycles. The first-order valence-electron chi connectivity index (χ1n) is 8.53. The van der Waals surface area contributed by atoms with Crippen LogP contribution in [0.4, 0.5) is 0 Å². The Balaban J connectivity index is 0.00000196. The van der Waals surface area contributed by atoms with E-state index in [-0.39, 0.29) is 26.8 Å². The summed E-state index contributed by atoms with van der Waals surface area (Å²) in [6.07, 6.45) is 4.76. The summed E-state index contributed by atoms with van der Waals surface area (Å²) in [5, 5.41) is 1.44. The van der Waals surface area contributed by atoms with Crippen LogP contribution in [0.15, 0.2) is 103 Å². The van der Waals surface area contributed by atoms with Gasteiger partial charge in [0.1, 0.15) is 0 Å². The van der Waals surface area contributed by atoms with Crippen molar-refractivity contribution in [2.75, 3.05) is 6.66 Å². The van der Waals surface area contributed by atoms with Crippen molar-refractivity contribution in [2.24, 2.45) is 0 Å².